The SMILES string of the molecule is CN=C(NCCNC(=O)c1ccc(C(F)(F)F)cc1)NCCc1ccc(OC)cc1. The van der Waals surface area contributed by atoms with Crippen molar-refractivity contribution in [2.24, 2.45) is 4.99 Å². The minimum atomic E-state index is -4.42. The summed E-state index contributed by atoms with van der Waals surface area (Å²) in [6.07, 6.45) is -3.62. The highest BCUT2D eigenvalue weighted by molar-refractivity contribution is 5.94. The third kappa shape index (κ3) is 7.31. The van der Waals surface area contributed by atoms with Crippen molar-refractivity contribution in [3.63, 3.8) is 0 Å². The van der Waals surface area contributed by atoms with Crippen LogP contribution in [-0.4, -0.2) is 45.7 Å². The number of nitrogens with zero attached hydrogens (tertiary/aromatic N) is 1. The maximum Gasteiger partial charge on any atom is 0.416 e. The Morgan fingerprint density at radius 3 is 2.10 bits per heavy atom. The molecule has 0 atom stereocenters. The number of methoxy groups -OCH3 is 1. The van der Waals surface area contributed by atoms with Gasteiger partial charge in [-0.25, -0.2) is 0 Å². The molecule has 0 aliphatic heterocycles. The van der Waals surface area contributed by atoms with Gasteiger partial charge in [-0.1, -0.05) is 12.1 Å². The number of hydrogen-bond acceptors (Lipinski definition) is 3. The lowest BCUT2D eigenvalue weighted by atomic mass is 10.1. The normalized spacial score (nSPS) is 11.7. The molecule has 3 N–H and O–H groups in total. The number of halogens is 3. The first-order valence-electron chi connectivity index (χ1n) is 9.36. The van der Waals surface area contributed by atoms with Crippen molar-refractivity contribution in [2.75, 3.05) is 33.8 Å². The molecule has 0 fully saturated rings. The summed E-state index contributed by atoms with van der Waals surface area (Å²) in [6, 6.07) is 11.9. The fourth-order valence-corrected chi connectivity index (χ4v) is 2.61. The molecule has 0 unspecified atom stereocenters. The molecule has 162 valence electrons. The second-order valence-corrected chi connectivity index (χ2v) is 6.35. The highest BCUT2D eigenvalue weighted by Crippen LogP contribution is 2.29. The maximum absolute atomic E-state index is 12.6. The van der Waals surface area contributed by atoms with E-state index in [1.165, 1.54) is 0 Å². The molecule has 0 heterocycles. The average Bonchev–Trinajstić information content (AvgIpc) is 2.75. The summed E-state index contributed by atoms with van der Waals surface area (Å²) < 4.78 is 42.8. The molecule has 0 radical (unpaired) electrons. The third-order valence-electron chi connectivity index (χ3n) is 4.27. The van der Waals surface area contributed by atoms with E-state index in [-0.39, 0.29) is 5.56 Å². The molecule has 0 bridgehead atoms. The zero-order valence-electron chi connectivity index (χ0n) is 16.8. The number of benzene rings is 2. The smallest absolute Gasteiger partial charge is 0.416 e. The summed E-state index contributed by atoms with van der Waals surface area (Å²) in [5.74, 6) is 0.961. The maximum atomic E-state index is 12.6. The van der Waals surface area contributed by atoms with E-state index in [4.69, 9.17) is 4.74 Å². The summed E-state index contributed by atoms with van der Waals surface area (Å²) in [5.41, 5.74) is 0.540. The van der Waals surface area contributed by atoms with Crippen molar-refractivity contribution in [3.8, 4) is 5.75 Å². The number of hydrogen-bond donors (Lipinski definition) is 3. The summed E-state index contributed by atoms with van der Waals surface area (Å²) >= 11 is 0. The van der Waals surface area contributed by atoms with Gasteiger partial charge in [0.1, 0.15) is 5.75 Å². The van der Waals surface area contributed by atoms with Gasteiger partial charge in [-0.05, 0) is 48.4 Å². The standard InChI is InChI=1S/C21H25F3N4O2/c1-25-20(27-12-11-15-3-9-18(30-2)10-4-15)28-14-13-26-19(29)16-5-7-17(8-6-16)21(22,23)24/h3-10H,11-14H2,1-2H3,(H,26,29)(H2,25,27,28). The number of carbonyl (C=O) groups excluding carboxylic acids is 1. The van der Waals surface area contributed by atoms with Gasteiger partial charge in [-0.15, -0.1) is 0 Å². The zero-order chi connectivity index (χ0) is 22.0. The molecule has 2 aromatic carbocycles. The Kier molecular flexibility index (Phi) is 8.52. The predicted molar refractivity (Wildman–Crippen MR) is 110 cm³/mol. The minimum Gasteiger partial charge on any atom is -0.497 e. The summed E-state index contributed by atoms with van der Waals surface area (Å²) in [4.78, 5) is 16.1. The van der Waals surface area contributed by atoms with Crippen LogP contribution in [0.15, 0.2) is 53.5 Å². The van der Waals surface area contributed by atoms with Crippen LogP contribution in [0.1, 0.15) is 21.5 Å². The Hall–Kier alpha value is -3.23. The first-order chi connectivity index (χ1) is 14.3. The van der Waals surface area contributed by atoms with Gasteiger partial charge in [-0.3, -0.25) is 9.79 Å². The lowest BCUT2D eigenvalue weighted by Gasteiger charge is -2.13. The second-order valence-electron chi connectivity index (χ2n) is 6.35. The average molecular weight is 422 g/mol. The number of rotatable bonds is 8. The van der Waals surface area contributed by atoms with E-state index in [0.29, 0.717) is 25.6 Å². The van der Waals surface area contributed by atoms with Gasteiger partial charge in [0, 0.05) is 32.2 Å². The molecular formula is C21H25F3N4O2. The van der Waals surface area contributed by atoms with Gasteiger partial charge in [0.15, 0.2) is 5.96 Å². The van der Waals surface area contributed by atoms with Crippen molar-refractivity contribution in [1.29, 1.82) is 0 Å². The van der Waals surface area contributed by atoms with Crippen LogP contribution >= 0.6 is 0 Å². The summed E-state index contributed by atoms with van der Waals surface area (Å²) in [7, 11) is 3.27. The van der Waals surface area contributed by atoms with Crippen molar-refractivity contribution < 1.29 is 22.7 Å². The Balaban J connectivity index is 1.68. The first-order valence-corrected chi connectivity index (χ1v) is 9.36. The largest absolute Gasteiger partial charge is 0.497 e. The van der Waals surface area contributed by atoms with E-state index in [1.54, 1.807) is 14.2 Å². The molecule has 0 aliphatic carbocycles. The molecule has 9 heteroatoms. The van der Waals surface area contributed by atoms with Gasteiger partial charge in [-0.2, -0.15) is 13.2 Å². The van der Waals surface area contributed by atoms with E-state index in [9.17, 15) is 18.0 Å². The molecule has 0 saturated heterocycles. The molecule has 0 saturated carbocycles. The minimum absolute atomic E-state index is 0.171. The quantitative estimate of drug-likeness (QED) is 0.348. The number of alkyl halides is 3. The van der Waals surface area contributed by atoms with Crippen molar-refractivity contribution >= 4 is 11.9 Å². The molecule has 0 aliphatic rings. The predicted octanol–water partition coefficient (Wildman–Crippen LogP) is 2.85. The molecule has 30 heavy (non-hydrogen) atoms. The van der Waals surface area contributed by atoms with Gasteiger partial charge in [0.05, 0.1) is 12.7 Å². The number of carbonyl (C=O) groups is 1. The van der Waals surface area contributed by atoms with E-state index >= 15 is 0 Å². The molecule has 1 amide bonds. The summed E-state index contributed by atoms with van der Waals surface area (Å²) in [6.45, 7) is 1.37. The topological polar surface area (TPSA) is 74.8 Å². The van der Waals surface area contributed by atoms with Crippen LogP contribution in [0.4, 0.5) is 13.2 Å². The molecule has 2 rings (SSSR count). The first kappa shape index (κ1) is 23.1. The van der Waals surface area contributed by atoms with Crippen molar-refractivity contribution in [1.82, 2.24) is 16.0 Å². The number of amides is 1. The van der Waals surface area contributed by atoms with Crippen LogP contribution in [0.5, 0.6) is 5.75 Å². The van der Waals surface area contributed by atoms with E-state index < -0.39 is 17.6 Å². The lowest BCUT2D eigenvalue weighted by Crippen LogP contribution is -2.42. The number of aliphatic imine (C=N–C) groups is 1. The Labute approximate surface area is 173 Å². The number of ether oxygens (including phenoxy) is 1. The highest BCUT2D eigenvalue weighted by Gasteiger charge is 2.30. The van der Waals surface area contributed by atoms with E-state index in [2.05, 4.69) is 20.9 Å². The van der Waals surface area contributed by atoms with Gasteiger partial charge in [0.2, 0.25) is 0 Å². The Bertz CT molecular complexity index is 835. The van der Waals surface area contributed by atoms with Crippen LogP contribution < -0.4 is 20.7 Å². The van der Waals surface area contributed by atoms with Crippen molar-refractivity contribution in [3.05, 3.63) is 65.2 Å². The molecule has 0 spiro atoms. The zero-order valence-corrected chi connectivity index (χ0v) is 16.8. The fraction of sp³-hybridized carbons (Fsp3) is 0.333. The van der Waals surface area contributed by atoms with Crippen LogP contribution in [-0.2, 0) is 12.6 Å². The fourth-order valence-electron chi connectivity index (χ4n) is 2.61. The van der Waals surface area contributed by atoms with Crippen LogP contribution in [0.2, 0.25) is 0 Å². The van der Waals surface area contributed by atoms with Gasteiger partial charge in [0.25, 0.3) is 5.91 Å². The Morgan fingerprint density at radius 1 is 0.933 bits per heavy atom. The molecule has 0 aromatic heterocycles. The van der Waals surface area contributed by atoms with Crippen LogP contribution in [0.25, 0.3) is 0 Å². The van der Waals surface area contributed by atoms with Crippen LogP contribution in [0, 0.1) is 0 Å². The lowest BCUT2D eigenvalue weighted by molar-refractivity contribution is -0.137. The van der Waals surface area contributed by atoms with Crippen molar-refractivity contribution in [2.45, 2.75) is 12.6 Å². The highest BCUT2D eigenvalue weighted by atomic mass is 19.4. The van der Waals surface area contributed by atoms with E-state index in [1.807, 2.05) is 24.3 Å². The monoisotopic (exact) mass is 422 g/mol. The third-order valence-corrected chi connectivity index (χ3v) is 4.27. The van der Waals surface area contributed by atoms with Gasteiger partial charge < -0.3 is 20.7 Å². The van der Waals surface area contributed by atoms with Crippen LogP contribution in [0.3, 0.4) is 0 Å². The van der Waals surface area contributed by atoms with Gasteiger partial charge >= 0.3 is 6.18 Å². The Morgan fingerprint density at radius 2 is 1.53 bits per heavy atom. The van der Waals surface area contributed by atoms with E-state index in [0.717, 1.165) is 42.0 Å². The number of guanidine groups is 1. The molecular weight excluding hydrogens is 397 g/mol. The molecule has 6 nitrogen and oxygen atoms in total. The molecule has 2 aromatic rings. The second kappa shape index (κ2) is 11.1. The number of nitrogens with one attached hydrogen (secondary N) is 3. The summed E-state index contributed by atoms with van der Waals surface area (Å²) in [5, 5.41) is 8.89.